The van der Waals surface area contributed by atoms with Crippen molar-refractivity contribution in [2.24, 2.45) is 5.41 Å². The Bertz CT molecular complexity index is 1520. The second-order valence-electron chi connectivity index (χ2n) is 10.7. The van der Waals surface area contributed by atoms with Crippen LogP contribution in [0.5, 0.6) is 5.75 Å². The van der Waals surface area contributed by atoms with Gasteiger partial charge in [0.15, 0.2) is 5.78 Å². The van der Waals surface area contributed by atoms with E-state index in [9.17, 15) is 19.5 Å². The van der Waals surface area contributed by atoms with E-state index < -0.39 is 12.0 Å². The van der Waals surface area contributed by atoms with E-state index in [0.29, 0.717) is 35.7 Å². The fourth-order valence-electron chi connectivity index (χ4n) is 5.04. The zero-order chi connectivity index (χ0) is 29.4. The van der Waals surface area contributed by atoms with Gasteiger partial charge in [0.25, 0.3) is 0 Å². The van der Waals surface area contributed by atoms with Crippen molar-refractivity contribution in [2.75, 3.05) is 18.5 Å². The van der Waals surface area contributed by atoms with Crippen LogP contribution >= 0.6 is 0 Å². The Balaban J connectivity index is 1.12. The van der Waals surface area contributed by atoms with Gasteiger partial charge in [-0.25, -0.2) is 4.79 Å². The number of hydrogen-bond donors (Lipinski definition) is 3. The Kier molecular flexibility index (Phi) is 8.97. The molecule has 0 heterocycles. The molecule has 0 aliphatic heterocycles. The van der Waals surface area contributed by atoms with Gasteiger partial charge in [0.05, 0.1) is 12.0 Å². The summed E-state index contributed by atoms with van der Waals surface area (Å²) in [4.78, 5) is 38.0. The molecule has 1 aliphatic carbocycles. The number of aliphatic carboxylic acids is 1. The molecule has 4 aromatic rings. The highest BCUT2D eigenvalue weighted by Crippen LogP contribution is 2.48. The summed E-state index contributed by atoms with van der Waals surface area (Å²) in [7, 11) is 0. The Morgan fingerprint density at radius 1 is 0.786 bits per heavy atom. The lowest BCUT2D eigenvalue weighted by Crippen LogP contribution is -2.35. The summed E-state index contributed by atoms with van der Waals surface area (Å²) in [6.07, 6.45) is 2.76. The summed E-state index contributed by atoms with van der Waals surface area (Å²) in [5, 5.41) is 16.0. The zero-order valence-corrected chi connectivity index (χ0v) is 23.3. The maximum Gasteiger partial charge on any atom is 0.326 e. The molecule has 1 unspecified atom stereocenters. The summed E-state index contributed by atoms with van der Waals surface area (Å²) in [6, 6.07) is 32.2. The number of carbonyl (C=O) groups is 3. The number of rotatable bonds is 14. The van der Waals surface area contributed by atoms with Crippen LogP contribution in [0, 0.1) is 5.41 Å². The van der Waals surface area contributed by atoms with Crippen LogP contribution in [-0.2, 0) is 22.4 Å². The van der Waals surface area contributed by atoms with Crippen LogP contribution < -0.4 is 15.4 Å². The third-order valence-corrected chi connectivity index (χ3v) is 7.58. The molecule has 0 bridgehead atoms. The average Bonchev–Trinajstić information content (AvgIpc) is 3.81. The standard InChI is InChI=1S/C35H34N2O5/c38-32(27-11-5-2-6-12-27)29-13-7-8-14-30(29)37-31(33(39)40)23-25-15-17-28(18-16-25)42-22-21-36-34(41)35(19-20-35)24-26-9-3-1-4-10-26/h1-18,31,37H,19-24H2,(H,36,41)(H,39,40). The van der Waals surface area contributed by atoms with E-state index in [1.165, 1.54) is 5.56 Å². The highest BCUT2D eigenvalue weighted by atomic mass is 16.5. The van der Waals surface area contributed by atoms with E-state index in [2.05, 4.69) is 22.8 Å². The molecule has 1 aliphatic rings. The highest BCUT2D eigenvalue weighted by Gasteiger charge is 2.49. The Morgan fingerprint density at radius 3 is 2.10 bits per heavy atom. The van der Waals surface area contributed by atoms with Gasteiger partial charge in [-0.15, -0.1) is 0 Å². The topological polar surface area (TPSA) is 105 Å². The van der Waals surface area contributed by atoms with Gasteiger partial charge >= 0.3 is 5.97 Å². The molecule has 3 N–H and O–H groups in total. The van der Waals surface area contributed by atoms with E-state index in [0.717, 1.165) is 24.8 Å². The number of hydrogen-bond acceptors (Lipinski definition) is 5. The molecular weight excluding hydrogens is 528 g/mol. The van der Waals surface area contributed by atoms with Gasteiger partial charge in [-0.05, 0) is 54.7 Å². The first-order valence-corrected chi connectivity index (χ1v) is 14.2. The molecule has 214 valence electrons. The lowest BCUT2D eigenvalue weighted by molar-refractivity contribution is -0.137. The van der Waals surface area contributed by atoms with Gasteiger partial charge in [-0.2, -0.15) is 0 Å². The molecule has 4 aromatic carbocycles. The van der Waals surface area contributed by atoms with E-state index in [1.807, 2.05) is 36.4 Å². The summed E-state index contributed by atoms with van der Waals surface area (Å²) < 4.78 is 5.81. The van der Waals surface area contributed by atoms with Gasteiger partial charge < -0.3 is 20.5 Å². The lowest BCUT2D eigenvalue weighted by Gasteiger charge is -2.18. The number of anilines is 1. The second kappa shape index (κ2) is 13.2. The third kappa shape index (κ3) is 7.23. The molecule has 42 heavy (non-hydrogen) atoms. The number of benzene rings is 4. The summed E-state index contributed by atoms with van der Waals surface area (Å²) in [5.74, 6) is -0.487. The van der Waals surface area contributed by atoms with Gasteiger partial charge in [-0.1, -0.05) is 84.9 Å². The number of amides is 1. The number of carboxylic acids is 1. The quantitative estimate of drug-likeness (QED) is 0.138. The highest BCUT2D eigenvalue weighted by molar-refractivity contribution is 6.12. The number of ether oxygens (including phenoxy) is 1. The Labute approximate surface area is 245 Å². The van der Waals surface area contributed by atoms with Crippen molar-refractivity contribution in [1.29, 1.82) is 0 Å². The summed E-state index contributed by atoms with van der Waals surface area (Å²) in [5.41, 5.74) is 3.10. The minimum absolute atomic E-state index is 0.0737. The van der Waals surface area contributed by atoms with Gasteiger partial charge in [0, 0.05) is 23.2 Å². The van der Waals surface area contributed by atoms with Crippen LogP contribution in [0.15, 0.2) is 109 Å². The number of para-hydroxylation sites is 1. The molecule has 7 nitrogen and oxygen atoms in total. The molecule has 1 amide bonds. The predicted molar refractivity (Wildman–Crippen MR) is 162 cm³/mol. The van der Waals surface area contributed by atoms with Crippen molar-refractivity contribution in [3.05, 3.63) is 131 Å². The largest absolute Gasteiger partial charge is 0.492 e. The molecule has 0 spiro atoms. The number of ketones is 1. The first-order chi connectivity index (χ1) is 20.4. The van der Waals surface area contributed by atoms with Gasteiger partial charge in [-0.3, -0.25) is 9.59 Å². The van der Waals surface area contributed by atoms with Crippen LogP contribution in [-0.4, -0.2) is 42.0 Å². The molecule has 1 fully saturated rings. The van der Waals surface area contributed by atoms with Crippen LogP contribution in [0.4, 0.5) is 5.69 Å². The fourth-order valence-corrected chi connectivity index (χ4v) is 5.04. The molecule has 5 rings (SSSR count). The maximum atomic E-state index is 13.1. The smallest absolute Gasteiger partial charge is 0.326 e. The van der Waals surface area contributed by atoms with Crippen molar-refractivity contribution >= 4 is 23.3 Å². The van der Waals surface area contributed by atoms with Gasteiger partial charge in [0.1, 0.15) is 18.4 Å². The normalized spacial score (nSPS) is 13.9. The van der Waals surface area contributed by atoms with E-state index >= 15 is 0 Å². The van der Waals surface area contributed by atoms with Crippen molar-refractivity contribution < 1.29 is 24.2 Å². The molecule has 0 aromatic heterocycles. The van der Waals surface area contributed by atoms with E-state index in [-0.39, 0.29) is 23.5 Å². The van der Waals surface area contributed by atoms with Crippen molar-refractivity contribution in [2.45, 2.75) is 31.7 Å². The first-order valence-electron chi connectivity index (χ1n) is 14.2. The zero-order valence-electron chi connectivity index (χ0n) is 23.3. The monoisotopic (exact) mass is 562 g/mol. The number of carboxylic acid groups (broad SMARTS) is 1. The molecular formula is C35H34N2O5. The number of carbonyl (C=O) groups excluding carboxylic acids is 2. The second-order valence-corrected chi connectivity index (χ2v) is 10.7. The Hall–Kier alpha value is -4.91. The molecule has 1 saturated carbocycles. The van der Waals surface area contributed by atoms with E-state index in [1.54, 1.807) is 60.7 Å². The number of nitrogens with one attached hydrogen (secondary N) is 2. The molecule has 0 radical (unpaired) electrons. The van der Waals surface area contributed by atoms with Crippen LogP contribution in [0.2, 0.25) is 0 Å². The molecule has 0 saturated heterocycles. The minimum Gasteiger partial charge on any atom is -0.492 e. The van der Waals surface area contributed by atoms with Crippen LogP contribution in [0.25, 0.3) is 0 Å². The van der Waals surface area contributed by atoms with Crippen LogP contribution in [0.1, 0.15) is 39.9 Å². The molecule has 7 heteroatoms. The first kappa shape index (κ1) is 28.6. The predicted octanol–water partition coefficient (Wildman–Crippen LogP) is 5.54. The van der Waals surface area contributed by atoms with Gasteiger partial charge in [0.2, 0.25) is 5.91 Å². The van der Waals surface area contributed by atoms with Crippen molar-refractivity contribution in [3.63, 3.8) is 0 Å². The molecule has 1 atom stereocenters. The van der Waals surface area contributed by atoms with Crippen molar-refractivity contribution in [1.82, 2.24) is 5.32 Å². The Morgan fingerprint density at radius 2 is 1.43 bits per heavy atom. The fraction of sp³-hybridized carbons (Fsp3) is 0.229. The van der Waals surface area contributed by atoms with E-state index in [4.69, 9.17) is 4.74 Å². The lowest BCUT2D eigenvalue weighted by atomic mass is 9.95. The summed E-state index contributed by atoms with van der Waals surface area (Å²) in [6.45, 7) is 0.737. The average molecular weight is 563 g/mol. The summed E-state index contributed by atoms with van der Waals surface area (Å²) >= 11 is 0. The maximum absolute atomic E-state index is 13.1. The SMILES string of the molecule is O=C(c1ccccc1)c1ccccc1NC(Cc1ccc(OCCNC(=O)C2(Cc3ccccc3)CC2)cc1)C(=O)O. The third-order valence-electron chi connectivity index (χ3n) is 7.58. The van der Waals surface area contributed by atoms with Crippen LogP contribution in [0.3, 0.4) is 0 Å². The minimum atomic E-state index is -1.02. The van der Waals surface area contributed by atoms with Crippen molar-refractivity contribution in [3.8, 4) is 5.75 Å².